The summed E-state index contributed by atoms with van der Waals surface area (Å²) < 4.78 is 5.79. The van der Waals surface area contributed by atoms with Gasteiger partial charge in [-0.1, -0.05) is 36.4 Å². The van der Waals surface area contributed by atoms with Crippen molar-refractivity contribution in [2.75, 3.05) is 6.54 Å². The summed E-state index contributed by atoms with van der Waals surface area (Å²) in [7, 11) is 0. The second-order valence-corrected chi connectivity index (χ2v) is 6.40. The van der Waals surface area contributed by atoms with E-state index >= 15 is 0 Å². The first-order valence-corrected chi connectivity index (χ1v) is 8.26. The molecule has 3 N–H and O–H groups in total. The zero-order chi connectivity index (χ0) is 19.2. The standard InChI is InChI=1S/C20H23NO5/c1-14-6-3-4-8-16(14)12-26-17-9-5-7-15(10-17)11-18(22)21-13-20(2,25)19(23)24/h3-10,25H,11-13H2,1-2H3,(H,21,22)(H,23,24). The lowest BCUT2D eigenvalue weighted by molar-refractivity contribution is -0.156. The highest BCUT2D eigenvalue weighted by Crippen LogP contribution is 2.17. The number of carbonyl (C=O) groups excluding carboxylic acids is 1. The van der Waals surface area contributed by atoms with Gasteiger partial charge in [-0.2, -0.15) is 0 Å². The van der Waals surface area contributed by atoms with E-state index in [0.29, 0.717) is 12.4 Å². The number of carboxylic acid groups (broad SMARTS) is 1. The Balaban J connectivity index is 1.91. The minimum atomic E-state index is -1.99. The van der Waals surface area contributed by atoms with Crippen LogP contribution in [-0.2, 0) is 22.6 Å². The Kier molecular flexibility index (Phi) is 6.36. The molecule has 0 aliphatic rings. The number of ether oxygens (including phenoxy) is 1. The average Bonchev–Trinajstić information content (AvgIpc) is 2.59. The maximum atomic E-state index is 12.0. The zero-order valence-corrected chi connectivity index (χ0v) is 14.9. The molecule has 2 aromatic rings. The molecular formula is C20H23NO5. The molecule has 0 radical (unpaired) electrons. The average molecular weight is 357 g/mol. The Morgan fingerprint density at radius 2 is 1.88 bits per heavy atom. The molecule has 0 saturated carbocycles. The van der Waals surface area contributed by atoms with Crippen LogP contribution in [0.2, 0.25) is 0 Å². The second kappa shape index (κ2) is 8.49. The molecule has 0 fully saturated rings. The van der Waals surface area contributed by atoms with E-state index in [1.165, 1.54) is 0 Å². The molecule has 0 heterocycles. The van der Waals surface area contributed by atoms with Gasteiger partial charge in [-0.3, -0.25) is 4.79 Å². The fourth-order valence-corrected chi connectivity index (χ4v) is 2.27. The van der Waals surface area contributed by atoms with E-state index in [1.807, 2.05) is 37.3 Å². The summed E-state index contributed by atoms with van der Waals surface area (Å²) in [5.41, 5.74) is 0.980. The van der Waals surface area contributed by atoms with Crippen LogP contribution in [0.5, 0.6) is 5.75 Å². The van der Waals surface area contributed by atoms with Crippen molar-refractivity contribution in [3.8, 4) is 5.75 Å². The number of aliphatic hydroxyl groups is 1. The van der Waals surface area contributed by atoms with Gasteiger partial charge in [-0.05, 0) is 42.7 Å². The smallest absolute Gasteiger partial charge is 0.337 e. The zero-order valence-electron chi connectivity index (χ0n) is 14.9. The molecule has 0 aromatic heterocycles. The van der Waals surface area contributed by atoms with Crippen molar-refractivity contribution in [3.05, 3.63) is 65.2 Å². The van der Waals surface area contributed by atoms with E-state index in [2.05, 4.69) is 5.32 Å². The highest BCUT2D eigenvalue weighted by Gasteiger charge is 2.30. The highest BCUT2D eigenvalue weighted by atomic mass is 16.5. The molecule has 6 heteroatoms. The van der Waals surface area contributed by atoms with Crippen LogP contribution in [0.3, 0.4) is 0 Å². The molecule has 0 spiro atoms. The molecule has 0 bridgehead atoms. The topological polar surface area (TPSA) is 95.9 Å². The molecule has 1 unspecified atom stereocenters. The first-order chi connectivity index (χ1) is 12.3. The van der Waals surface area contributed by atoms with E-state index in [4.69, 9.17) is 9.84 Å². The Morgan fingerprint density at radius 3 is 2.58 bits per heavy atom. The predicted molar refractivity (Wildman–Crippen MR) is 96.9 cm³/mol. The number of amides is 1. The van der Waals surface area contributed by atoms with Crippen LogP contribution in [0.1, 0.15) is 23.6 Å². The van der Waals surface area contributed by atoms with Crippen molar-refractivity contribution in [3.63, 3.8) is 0 Å². The summed E-state index contributed by atoms with van der Waals surface area (Å²) in [5.74, 6) is -1.11. The second-order valence-electron chi connectivity index (χ2n) is 6.40. The number of aliphatic carboxylic acids is 1. The lowest BCUT2D eigenvalue weighted by atomic mass is 10.1. The van der Waals surface area contributed by atoms with E-state index in [1.54, 1.807) is 18.2 Å². The summed E-state index contributed by atoms with van der Waals surface area (Å²) in [6.07, 6.45) is 0.0667. The monoisotopic (exact) mass is 357 g/mol. The van der Waals surface area contributed by atoms with Crippen LogP contribution in [0.15, 0.2) is 48.5 Å². The Morgan fingerprint density at radius 1 is 1.15 bits per heavy atom. The van der Waals surface area contributed by atoms with Gasteiger partial charge >= 0.3 is 5.97 Å². The highest BCUT2D eigenvalue weighted by molar-refractivity contribution is 5.81. The van der Waals surface area contributed by atoms with Crippen LogP contribution in [0.25, 0.3) is 0 Å². The van der Waals surface area contributed by atoms with Gasteiger partial charge in [0.05, 0.1) is 13.0 Å². The van der Waals surface area contributed by atoms with Crippen LogP contribution in [0.4, 0.5) is 0 Å². The predicted octanol–water partition coefficient (Wildman–Crippen LogP) is 2.07. The van der Waals surface area contributed by atoms with Gasteiger partial charge in [0.1, 0.15) is 12.4 Å². The maximum Gasteiger partial charge on any atom is 0.337 e. The van der Waals surface area contributed by atoms with Gasteiger partial charge in [0.25, 0.3) is 0 Å². The van der Waals surface area contributed by atoms with Crippen molar-refractivity contribution in [1.82, 2.24) is 5.32 Å². The molecule has 0 aliphatic heterocycles. The number of benzene rings is 2. The lowest BCUT2D eigenvalue weighted by Gasteiger charge is -2.18. The largest absolute Gasteiger partial charge is 0.489 e. The first-order valence-electron chi connectivity index (χ1n) is 8.26. The first kappa shape index (κ1) is 19.5. The molecule has 2 aromatic carbocycles. The van der Waals surface area contributed by atoms with Crippen LogP contribution >= 0.6 is 0 Å². The molecule has 1 amide bonds. The molecule has 1 atom stereocenters. The van der Waals surface area contributed by atoms with Crippen molar-refractivity contribution in [2.24, 2.45) is 0 Å². The van der Waals surface area contributed by atoms with Gasteiger partial charge in [-0.15, -0.1) is 0 Å². The number of rotatable bonds is 8. The third-order valence-corrected chi connectivity index (χ3v) is 4.01. The van der Waals surface area contributed by atoms with Crippen LogP contribution < -0.4 is 10.1 Å². The van der Waals surface area contributed by atoms with Crippen molar-refractivity contribution in [1.29, 1.82) is 0 Å². The SMILES string of the molecule is Cc1ccccc1COc1cccc(CC(=O)NCC(C)(O)C(=O)O)c1. The van der Waals surface area contributed by atoms with Crippen molar-refractivity contribution in [2.45, 2.75) is 32.5 Å². The summed E-state index contributed by atoms with van der Waals surface area (Å²) >= 11 is 0. The summed E-state index contributed by atoms with van der Waals surface area (Å²) in [6, 6.07) is 15.1. The fraction of sp³-hybridized carbons (Fsp3) is 0.300. The number of hydrogen-bond donors (Lipinski definition) is 3. The minimum Gasteiger partial charge on any atom is -0.489 e. The number of aryl methyl sites for hydroxylation is 1. The normalized spacial score (nSPS) is 12.9. The number of nitrogens with one attached hydrogen (secondary N) is 1. The molecule has 2 rings (SSSR count). The Hall–Kier alpha value is -2.86. The molecular weight excluding hydrogens is 334 g/mol. The van der Waals surface area contributed by atoms with E-state index in [-0.39, 0.29) is 18.9 Å². The van der Waals surface area contributed by atoms with Gasteiger partial charge < -0.3 is 20.3 Å². The van der Waals surface area contributed by atoms with Gasteiger partial charge in [-0.25, -0.2) is 4.79 Å². The third kappa shape index (κ3) is 5.60. The molecule has 26 heavy (non-hydrogen) atoms. The minimum absolute atomic E-state index is 0.0667. The molecule has 138 valence electrons. The molecule has 6 nitrogen and oxygen atoms in total. The van der Waals surface area contributed by atoms with Crippen molar-refractivity contribution < 1.29 is 24.5 Å². The quantitative estimate of drug-likeness (QED) is 0.672. The van der Waals surface area contributed by atoms with E-state index in [9.17, 15) is 14.7 Å². The Bertz CT molecular complexity index is 785. The van der Waals surface area contributed by atoms with Crippen LogP contribution in [0, 0.1) is 6.92 Å². The molecule has 0 saturated heterocycles. The van der Waals surface area contributed by atoms with Crippen molar-refractivity contribution >= 4 is 11.9 Å². The maximum absolute atomic E-state index is 12.0. The van der Waals surface area contributed by atoms with Gasteiger partial charge in [0, 0.05) is 0 Å². The van der Waals surface area contributed by atoms with E-state index in [0.717, 1.165) is 23.6 Å². The summed E-state index contributed by atoms with van der Waals surface area (Å²) in [5, 5.41) is 20.9. The lowest BCUT2D eigenvalue weighted by Crippen LogP contribution is -2.46. The number of hydrogen-bond acceptors (Lipinski definition) is 4. The number of carbonyl (C=O) groups is 2. The van der Waals surface area contributed by atoms with Gasteiger partial charge in [0.15, 0.2) is 5.60 Å². The fourth-order valence-electron chi connectivity index (χ4n) is 2.27. The van der Waals surface area contributed by atoms with Crippen LogP contribution in [-0.4, -0.2) is 34.2 Å². The number of carboxylic acids is 1. The summed E-state index contributed by atoms with van der Waals surface area (Å²) in [4.78, 5) is 22.8. The van der Waals surface area contributed by atoms with E-state index < -0.39 is 11.6 Å². The third-order valence-electron chi connectivity index (χ3n) is 4.01. The summed E-state index contributed by atoms with van der Waals surface area (Å²) in [6.45, 7) is 3.23. The Labute approximate surface area is 152 Å². The molecule has 0 aliphatic carbocycles. The van der Waals surface area contributed by atoms with Gasteiger partial charge in [0.2, 0.25) is 5.91 Å².